The zero-order valence-electron chi connectivity index (χ0n) is 12.3. The highest BCUT2D eigenvalue weighted by Gasteiger charge is 2.03. The summed E-state index contributed by atoms with van der Waals surface area (Å²) in [5.41, 5.74) is 3.76. The second-order valence-electron chi connectivity index (χ2n) is 4.47. The Balaban J connectivity index is 2.43. The number of nitrogens with zero attached hydrogens (tertiary/aromatic N) is 1. The van der Waals surface area contributed by atoms with Gasteiger partial charge in [-0.1, -0.05) is 12.1 Å². The van der Waals surface area contributed by atoms with Gasteiger partial charge >= 0.3 is 0 Å². The van der Waals surface area contributed by atoms with Crippen LogP contribution in [0.25, 0.3) is 0 Å². The number of ether oxygens (including phenoxy) is 2. The number of hydrogen-bond donors (Lipinski definition) is 3. The Kier molecular flexibility index (Phi) is 7.46. The van der Waals surface area contributed by atoms with Gasteiger partial charge in [0.15, 0.2) is 0 Å². The molecule has 0 spiro atoms. The van der Waals surface area contributed by atoms with Gasteiger partial charge in [-0.05, 0) is 31.0 Å². The molecule has 112 valence electrons. The summed E-state index contributed by atoms with van der Waals surface area (Å²) in [4.78, 5) is 4.38. The minimum absolute atomic E-state index is 0.149. The summed E-state index contributed by atoms with van der Waals surface area (Å²) in [5.74, 6) is 6.86. The minimum Gasteiger partial charge on any atom is -0.497 e. The topological polar surface area (TPSA) is 80.9 Å². The maximum absolute atomic E-state index is 5.43. The summed E-state index contributed by atoms with van der Waals surface area (Å²) < 4.78 is 10.2. The maximum atomic E-state index is 5.43. The highest BCUT2D eigenvalue weighted by molar-refractivity contribution is 5.79. The SMILES string of the molecule is COCC(C)NC(=NCCc1ccc(OC)cc1)NN. The summed E-state index contributed by atoms with van der Waals surface area (Å²) in [5, 5.41) is 3.14. The van der Waals surface area contributed by atoms with E-state index >= 15 is 0 Å². The first-order valence-corrected chi connectivity index (χ1v) is 6.59. The molecule has 1 aromatic rings. The number of hydrazine groups is 1. The van der Waals surface area contributed by atoms with E-state index in [1.54, 1.807) is 14.2 Å². The first-order valence-electron chi connectivity index (χ1n) is 6.59. The molecule has 0 heterocycles. The number of methoxy groups -OCH3 is 2. The summed E-state index contributed by atoms with van der Waals surface area (Å²) in [6.07, 6.45) is 0.843. The molecule has 20 heavy (non-hydrogen) atoms. The van der Waals surface area contributed by atoms with E-state index < -0.39 is 0 Å². The number of aliphatic imine (C=N–C) groups is 1. The van der Waals surface area contributed by atoms with Gasteiger partial charge in [-0.15, -0.1) is 0 Å². The van der Waals surface area contributed by atoms with Gasteiger partial charge in [-0.2, -0.15) is 0 Å². The van der Waals surface area contributed by atoms with Crippen LogP contribution in [0.4, 0.5) is 0 Å². The van der Waals surface area contributed by atoms with Gasteiger partial charge < -0.3 is 14.8 Å². The van der Waals surface area contributed by atoms with Crippen molar-refractivity contribution in [1.29, 1.82) is 0 Å². The molecule has 1 atom stereocenters. The summed E-state index contributed by atoms with van der Waals surface area (Å²) in [7, 11) is 3.32. The van der Waals surface area contributed by atoms with E-state index in [2.05, 4.69) is 15.7 Å². The van der Waals surface area contributed by atoms with Crippen LogP contribution in [0.2, 0.25) is 0 Å². The molecule has 1 unspecified atom stereocenters. The monoisotopic (exact) mass is 280 g/mol. The molecule has 0 aliphatic carbocycles. The lowest BCUT2D eigenvalue weighted by atomic mass is 10.1. The van der Waals surface area contributed by atoms with E-state index in [-0.39, 0.29) is 6.04 Å². The average molecular weight is 280 g/mol. The lowest BCUT2D eigenvalue weighted by molar-refractivity contribution is 0.179. The molecule has 0 fully saturated rings. The third-order valence-electron chi connectivity index (χ3n) is 2.77. The number of benzene rings is 1. The van der Waals surface area contributed by atoms with E-state index in [1.165, 1.54) is 5.56 Å². The van der Waals surface area contributed by atoms with Crippen LogP contribution in [0.15, 0.2) is 29.3 Å². The molecule has 1 aromatic carbocycles. The summed E-state index contributed by atoms with van der Waals surface area (Å²) >= 11 is 0. The summed E-state index contributed by atoms with van der Waals surface area (Å²) in [6, 6.07) is 8.10. The fraction of sp³-hybridized carbons (Fsp3) is 0.500. The first-order chi connectivity index (χ1) is 9.69. The molecule has 0 saturated heterocycles. The highest BCUT2D eigenvalue weighted by Crippen LogP contribution is 2.11. The van der Waals surface area contributed by atoms with Crippen molar-refractivity contribution in [2.75, 3.05) is 27.4 Å². The van der Waals surface area contributed by atoms with E-state index in [0.29, 0.717) is 19.1 Å². The van der Waals surface area contributed by atoms with Crippen LogP contribution in [0.3, 0.4) is 0 Å². The predicted octanol–water partition coefficient (Wildman–Crippen LogP) is 0.682. The van der Waals surface area contributed by atoms with Crippen molar-refractivity contribution in [1.82, 2.24) is 10.7 Å². The van der Waals surface area contributed by atoms with Gasteiger partial charge in [0.2, 0.25) is 5.96 Å². The van der Waals surface area contributed by atoms with Crippen molar-refractivity contribution in [3.8, 4) is 5.75 Å². The first kappa shape index (κ1) is 16.3. The average Bonchev–Trinajstić information content (AvgIpc) is 2.47. The normalized spacial score (nSPS) is 12.9. The van der Waals surface area contributed by atoms with Crippen molar-refractivity contribution in [2.24, 2.45) is 10.8 Å². The minimum atomic E-state index is 0.149. The van der Waals surface area contributed by atoms with E-state index in [0.717, 1.165) is 12.2 Å². The molecule has 6 heteroatoms. The molecule has 0 amide bonds. The van der Waals surface area contributed by atoms with Gasteiger partial charge in [-0.3, -0.25) is 10.4 Å². The van der Waals surface area contributed by atoms with Crippen molar-refractivity contribution in [2.45, 2.75) is 19.4 Å². The molecule has 6 nitrogen and oxygen atoms in total. The number of nitrogens with one attached hydrogen (secondary N) is 2. The second-order valence-corrected chi connectivity index (χ2v) is 4.47. The van der Waals surface area contributed by atoms with E-state index in [9.17, 15) is 0 Å². The van der Waals surface area contributed by atoms with Crippen molar-refractivity contribution in [3.05, 3.63) is 29.8 Å². The van der Waals surface area contributed by atoms with Gasteiger partial charge in [-0.25, -0.2) is 5.84 Å². The van der Waals surface area contributed by atoms with Gasteiger partial charge in [0.1, 0.15) is 5.75 Å². The Morgan fingerprint density at radius 1 is 1.30 bits per heavy atom. The fourth-order valence-electron chi connectivity index (χ4n) is 1.75. The Morgan fingerprint density at radius 2 is 2.00 bits per heavy atom. The van der Waals surface area contributed by atoms with Gasteiger partial charge in [0.05, 0.1) is 13.7 Å². The molecule has 4 N–H and O–H groups in total. The van der Waals surface area contributed by atoms with Crippen LogP contribution in [0.1, 0.15) is 12.5 Å². The van der Waals surface area contributed by atoms with Crippen LogP contribution >= 0.6 is 0 Å². The zero-order chi connectivity index (χ0) is 14.8. The molecule has 0 bridgehead atoms. The van der Waals surface area contributed by atoms with Gasteiger partial charge in [0.25, 0.3) is 0 Å². The maximum Gasteiger partial charge on any atom is 0.206 e. The number of hydrogen-bond acceptors (Lipinski definition) is 4. The molecule has 0 saturated carbocycles. The Hall–Kier alpha value is -1.79. The standard InChI is InChI=1S/C14H24N4O2/c1-11(10-19-2)17-14(18-15)16-9-8-12-4-6-13(20-3)7-5-12/h4-7,11H,8-10,15H2,1-3H3,(H2,16,17,18). The quantitative estimate of drug-likeness (QED) is 0.296. The van der Waals surface area contributed by atoms with Crippen molar-refractivity contribution in [3.63, 3.8) is 0 Å². The second kappa shape index (κ2) is 9.17. The Bertz CT molecular complexity index is 406. The van der Waals surface area contributed by atoms with Gasteiger partial charge in [0, 0.05) is 19.7 Å². The van der Waals surface area contributed by atoms with E-state index in [4.69, 9.17) is 15.3 Å². The van der Waals surface area contributed by atoms with Crippen LogP contribution in [-0.2, 0) is 11.2 Å². The van der Waals surface area contributed by atoms with Crippen LogP contribution < -0.4 is 21.3 Å². The van der Waals surface area contributed by atoms with Crippen LogP contribution in [0.5, 0.6) is 5.75 Å². The van der Waals surface area contributed by atoms with Crippen LogP contribution in [-0.4, -0.2) is 39.4 Å². The molecule has 0 aliphatic rings. The molecule has 1 rings (SSSR count). The molecular formula is C14H24N4O2. The van der Waals surface area contributed by atoms with E-state index in [1.807, 2.05) is 31.2 Å². The number of guanidine groups is 1. The largest absolute Gasteiger partial charge is 0.497 e. The number of nitrogens with two attached hydrogens (primary N) is 1. The van der Waals surface area contributed by atoms with Crippen LogP contribution in [0, 0.1) is 0 Å². The highest BCUT2D eigenvalue weighted by atomic mass is 16.5. The Labute approximate surface area is 120 Å². The lowest BCUT2D eigenvalue weighted by Crippen LogP contribution is -2.47. The van der Waals surface area contributed by atoms with Crippen molar-refractivity contribution >= 4 is 5.96 Å². The predicted molar refractivity (Wildman–Crippen MR) is 80.8 cm³/mol. The summed E-state index contributed by atoms with van der Waals surface area (Å²) in [6.45, 7) is 3.25. The Morgan fingerprint density at radius 3 is 2.55 bits per heavy atom. The fourth-order valence-corrected chi connectivity index (χ4v) is 1.75. The zero-order valence-corrected chi connectivity index (χ0v) is 12.3. The molecule has 0 aliphatic heterocycles. The third kappa shape index (κ3) is 5.90. The lowest BCUT2D eigenvalue weighted by Gasteiger charge is -2.15. The molecule has 0 radical (unpaired) electrons. The number of rotatable bonds is 7. The molecule has 0 aromatic heterocycles. The third-order valence-corrected chi connectivity index (χ3v) is 2.77. The van der Waals surface area contributed by atoms with Crippen molar-refractivity contribution < 1.29 is 9.47 Å². The smallest absolute Gasteiger partial charge is 0.206 e. The molecular weight excluding hydrogens is 256 g/mol.